The molecular weight excluding hydrogens is 491 g/mol. The summed E-state index contributed by atoms with van der Waals surface area (Å²) >= 11 is 11.0. The third-order valence-corrected chi connectivity index (χ3v) is 10.5. The maximum atomic E-state index is 13.4. The summed E-state index contributed by atoms with van der Waals surface area (Å²) in [4.78, 5) is 25.7. The highest BCUT2D eigenvalue weighted by molar-refractivity contribution is 6.35. The summed E-state index contributed by atoms with van der Waals surface area (Å²) < 4.78 is 0. The molecule has 0 aliphatic heterocycles. The van der Waals surface area contributed by atoms with Gasteiger partial charge in [-0.05, 0) is 86.3 Å². The number of carbonyl (C=O) groups is 2. The molecule has 4 aliphatic carbocycles. The molecule has 4 aliphatic rings. The Balaban J connectivity index is 0.000000271. The molecule has 0 spiro atoms. The highest BCUT2D eigenvalue weighted by Gasteiger charge is 2.68. The Bertz CT molecular complexity index is 1000. The number of fused-ring (bicyclic) bond motifs is 5. The molecule has 0 aromatic heterocycles. The van der Waals surface area contributed by atoms with E-state index in [9.17, 15) is 24.9 Å². The Labute approximate surface area is 216 Å². The standard InChI is InChI=1S/C21H32O5.C6H4Cl2O/c1-19-7-5-13(23)9-12(19)3-4-14-15-6-8-21(26,17(25)11-22)20(15,2)10-16(24)18(14)19;7-4-1-2-6(9)5(8)3-4/h12-15,18,22-23,26H,3-11H2,1-2H3;1-3,9H/t12-,13-,14+,15+,18-,19+,20+,21+;/m1./s1. The first-order valence-corrected chi connectivity index (χ1v) is 13.3. The zero-order valence-electron chi connectivity index (χ0n) is 20.3. The quantitative estimate of drug-likeness (QED) is 0.448. The number of aliphatic hydroxyl groups is 3. The number of carbonyl (C=O) groups excluding carboxylic acids is 2. The lowest BCUT2D eigenvalue weighted by molar-refractivity contribution is -0.180. The van der Waals surface area contributed by atoms with E-state index >= 15 is 0 Å². The molecule has 194 valence electrons. The summed E-state index contributed by atoms with van der Waals surface area (Å²) in [5, 5.41) is 40.3. The summed E-state index contributed by atoms with van der Waals surface area (Å²) in [7, 11) is 0. The van der Waals surface area contributed by atoms with E-state index in [0.29, 0.717) is 17.4 Å². The highest BCUT2D eigenvalue weighted by atomic mass is 35.5. The lowest BCUT2D eigenvalue weighted by Gasteiger charge is -2.60. The van der Waals surface area contributed by atoms with Crippen molar-refractivity contribution in [2.24, 2.45) is 34.5 Å². The van der Waals surface area contributed by atoms with E-state index in [2.05, 4.69) is 6.92 Å². The van der Waals surface area contributed by atoms with Gasteiger partial charge in [0.25, 0.3) is 0 Å². The van der Waals surface area contributed by atoms with Gasteiger partial charge in [-0.25, -0.2) is 0 Å². The van der Waals surface area contributed by atoms with Crippen LogP contribution in [-0.4, -0.2) is 50.3 Å². The van der Waals surface area contributed by atoms with Crippen LogP contribution >= 0.6 is 23.2 Å². The van der Waals surface area contributed by atoms with Crippen LogP contribution in [0.25, 0.3) is 0 Å². The second kappa shape index (κ2) is 9.60. The Morgan fingerprint density at radius 2 is 1.83 bits per heavy atom. The van der Waals surface area contributed by atoms with Crippen molar-refractivity contribution in [3.63, 3.8) is 0 Å². The van der Waals surface area contributed by atoms with Crippen LogP contribution in [-0.2, 0) is 9.59 Å². The molecular formula is C27H36Cl2O6. The second-order valence-corrected chi connectivity index (χ2v) is 12.4. The van der Waals surface area contributed by atoms with E-state index in [4.69, 9.17) is 28.3 Å². The van der Waals surface area contributed by atoms with Crippen LogP contribution < -0.4 is 0 Å². The molecule has 5 rings (SSSR count). The van der Waals surface area contributed by atoms with Crippen LogP contribution in [0.2, 0.25) is 10.0 Å². The van der Waals surface area contributed by atoms with Gasteiger partial charge < -0.3 is 20.4 Å². The summed E-state index contributed by atoms with van der Waals surface area (Å²) in [6.45, 7) is 3.46. The van der Waals surface area contributed by atoms with Crippen LogP contribution in [0, 0.1) is 34.5 Å². The maximum Gasteiger partial charge on any atom is 0.190 e. The number of ketones is 2. The Morgan fingerprint density at radius 1 is 1.11 bits per heavy atom. The fourth-order valence-corrected chi connectivity index (χ4v) is 8.53. The molecule has 0 saturated heterocycles. The van der Waals surface area contributed by atoms with E-state index in [-0.39, 0.29) is 52.2 Å². The molecule has 35 heavy (non-hydrogen) atoms. The van der Waals surface area contributed by atoms with Crippen molar-refractivity contribution < 1.29 is 30.0 Å². The molecule has 1 aromatic carbocycles. The lowest BCUT2D eigenvalue weighted by Crippen LogP contribution is -2.62. The molecule has 0 amide bonds. The summed E-state index contributed by atoms with van der Waals surface area (Å²) in [5.74, 6) is 0.436. The average Bonchev–Trinajstić information content (AvgIpc) is 3.07. The zero-order valence-corrected chi connectivity index (χ0v) is 21.9. The number of hydrogen-bond acceptors (Lipinski definition) is 6. The monoisotopic (exact) mass is 526 g/mol. The minimum Gasteiger partial charge on any atom is -0.506 e. The molecule has 0 bridgehead atoms. The van der Waals surface area contributed by atoms with Gasteiger partial charge in [0.1, 0.15) is 23.7 Å². The number of aliphatic hydroxyl groups excluding tert-OH is 2. The first-order valence-electron chi connectivity index (χ1n) is 12.6. The van der Waals surface area contributed by atoms with Crippen LogP contribution in [0.3, 0.4) is 0 Å². The van der Waals surface area contributed by atoms with Gasteiger partial charge in [-0.15, -0.1) is 0 Å². The van der Waals surface area contributed by atoms with Crippen molar-refractivity contribution in [2.45, 2.75) is 76.9 Å². The fraction of sp³-hybridized carbons (Fsp3) is 0.704. The van der Waals surface area contributed by atoms with E-state index in [1.807, 2.05) is 6.92 Å². The fourth-order valence-electron chi connectivity index (χ4n) is 8.12. The average molecular weight is 527 g/mol. The van der Waals surface area contributed by atoms with Gasteiger partial charge in [0.2, 0.25) is 0 Å². The van der Waals surface area contributed by atoms with Crippen molar-refractivity contribution in [1.82, 2.24) is 0 Å². The third kappa shape index (κ3) is 4.33. The number of benzene rings is 1. The van der Waals surface area contributed by atoms with E-state index in [0.717, 1.165) is 38.5 Å². The number of halogens is 2. The van der Waals surface area contributed by atoms with Crippen molar-refractivity contribution in [1.29, 1.82) is 0 Å². The molecule has 4 saturated carbocycles. The molecule has 0 unspecified atom stereocenters. The van der Waals surface area contributed by atoms with Crippen molar-refractivity contribution >= 4 is 34.8 Å². The summed E-state index contributed by atoms with van der Waals surface area (Å²) in [6, 6.07) is 4.51. The molecule has 0 radical (unpaired) electrons. The number of phenols is 1. The SMILES string of the molecule is C[C@]12CC[C@@H](O)C[C@H]1CC[C@@H]1[C@@H]2C(=O)C[C@@]2(C)[C@H]1CC[C@]2(O)C(=O)CO.Oc1ccc(Cl)cc1Cl. The van der Waals surface area contributed by atoms with Crippen LogP contribution in [0.1, 0.15) is 65.2 Å². The minimum atomic E-state index is -1.58. The van der Waals surface area contributed by atoms with E-state index in [1.165, 1.54) is 12.1 Å². The number of hydrogen-bond donors (Lipinski definition) is 4. The molecule has 1 aromatic rings. The highest BCUT2D eigenvalue weighted by Crippen LogP contribution is 2.67. The van der Waals surface area contributed by atoms with Gasteiger partial charge in [0.15, 0.2) is 5.78 Å². The van der Waals surface area contributed by atoms with Crippen LogP contribution in [0.4, 0.5) is 0 Å². The topological polar surface area (TPSA) is 115 Å². The molecule has 4 N–H and O–H groups in total. The Kier molecular flexibility index (Phi) is 7.37. The lowest BCUT2D eigenvalue weighted by atomic mass is 9.44. The number of Topliss-reactive ketones (excluding diaryl/α,β-unsaturated/α-hetero) is 2. The van der Waals surface area contributed by atoms with Crippen LogP contribution in [0.5, 0.6) is 5.75 Å². The summed E-state index contributed by atoms with van der Waals surface area (Å²) in [5.41, 5.74) is -2.40. The smallest absolute Gasteiger partial charge is 0.190 e. The third-order valence-electron chi connectivity index (χ3n) is 9.99. The van der Waals surface area contributed by atoms with E-state index in [1.54, 1.807) is 6.07 Å². The van der Waals surface area contributed by atoms with Crippen molar-refractivity contribution in [3.8, 4) is 5.75 Å². The molecule has 8 atom stereocenters. The molecule has 6 nitrogen and oxygen atoms in total. The van der Waals surface area contributed by atoms with Gasteiger partial charge in [0.05, 0.1) is 11.1 Å². The first-order chi connectivity index (χ1) is 16.4. The zero-order chi connectivity index (χ0) is 25.8. The van der Waals surface area contributed by atoms with E-state index < -0.39 is 23.4 Å². The predicted molar refractivity (Wildman–Crippen MR) is 133 cm³/mol. The molecule has 4 fully saturated rings. The molecule has 0 heterocycles. The normalized spacial score (nSPS) is 42.3. The first kappa shape index (κ1) is 26.9. The van der Waals surface area contributed by atoms with Gasteiger partial charge in [-0.3, -0.25) is 9.59 Å². The van der Waals surface area contributed by atoms with Gasteiger partial charge >= 0.3 is 0 Å². The number of aromatic hydroxyl groups is 1. The maximum absolute atomic E-state index is 13.4. The Morgan fingerprint density at radius 3 is 2.46 bits per heavy atom. The minimum absolute atomic E-state index is 0.0154. The van der Waals surface area contributed by atoms with Crippen LogP contribution in [0.15, 0.2) is 18.2 Å². The van der Waals surface area contributed by atoms with Crippen molar-refractivity contribution in [3.05, 3.63) is 28.2 Å². The Hall–Kier alpha value is -1.18. The second-order valence-electron chi connectivity index (χ2n) is 11.6. The van der Waals surface area contributed by atoms with Gasteiger partial charge in [0, 0.05) is 22.8 Å². The summed E-state index contributed by atoms with van der Waals surface area (Å²) in [6.07, 6.45) is 5.47. The van der Waals surface area contributed by atoms with Crippen molar-refractivity contribution in [2.75, 3.05) is 6.61 Å². The predicted octanol–water partition coefficient (Wildman–Crippen LogP) is 4.56. The van der Waals surface area contributed by atoms with Gasteiger partial charge in [-0.1, -0.05) is 37.0 Å². The number of phenolic OH excluding ortho intramolecular Hbond substituents is 1. The largest absolute Gasteiger partial charge is 0.506 e. The van der Waals surface area contributed by atoms with Gasteiger partial charge in [-0.2, -0.15) is 0 Å². The molecule has 8 heteroatoms. The number of rotatable bonds is 2.